The van der Waals surface area contributed by atoms with E-state index in [1.54, 1.807) is 12.4 Å². The van der Waals surface area contributed by atoms with Crippen LogP contribution in [0.3, 0.4) is 0 Å². The maximum atomic E-state index is 5.75. The molecule has 2 unspecified atom stereocenters. The average Bonchev–Trinajstić information content (AvgIpc) is 2.96. The average molecular weight is 210 g/mol. The van der Waals surface area contributed by atoms with E-state index in [1.165, 1.54) is 19.3 Å². The molecule has 1 aromatic rings. The summed E-state index contributed by atoms with van der Waals surface area (Å²) in [4.78, 5) is 8.15. The van der Waals surface area contributed by atoms with E-state index in [-0.39, 0.29) is 0 Å². The van der Waals surface area contributed by atoms with Crippen molar-refractivity contribution in [2.24, 2.45) is 11.8 Å². The van der Waals surface area contributed by atoms with E-state index < -0.39 is 0 Å². The molecule has 3 rings (SSSR count). The number of anilines is 1. The second kappa shape index (κ2) is 3.09. The number of halogens is 1. The summed E-state index contributed by atoms with van der Waals surface area (Å²) in [6, 6.07) is 0.621. The molecule has 74 valence electrons. The smallest absolute Gasteiger partial charge is 0.149 e. The molecule has 2 aliphatic carbocycles. The van der Waals surface area contributed by atoms with E-state index in [0.717, 1.165) is 17.7 Å². The number of hydrogen-bond acceptors (Lipinski definition) is 3. The lowest BCUT2D eigenvalue weighted by molar-refractivity contribution is 0.696. The van der Waals surface area contributed by atoms with E-state index in [4.69, 9.17) is 11.6 Å². The van der Waals surface area contributed by atoms with Gasteiger partial charge in [-0.1, -0.05) is 11.6 Å². The van der Waals surface area contributed by atoms with Crippen LogP contribution in [0.1, 0.15) is 19.3 Å². The fourth-order valence-corrected chi connectivity index (χ4v) is 2.18. The van der Waals surface area contributed by atoms with Crippen LogP contribution in [-0.2, 0) is 0 Å². The van der Waals surface area contributed by atoms with Crippen molar-refractivity contribution in [2.75, 3.05) is 5.32 Å². The fourth-order valence-electron chi connectivity index (χ4n) is 2.03. The van der Waals surface area contributed by atoms with Gasteiger partial charge in [-0.25, -0.2) is 4.98 Å². The first-order chi connectivity index (χ1) is 6.83. The molecule has 2 aliphatic rings. The molecule has 2 fully saturated rings. The van der Waals surface area contributed by atoms with Crippen LogP contribution < -0.4 is 5.32 Å². The topological polar surface area (TPSA) is 37.8 Å². The minimum Gasteiger partial charge on any atom is -0.366 e. The van der Waals surface area contributed by atoms with Crippen LogP contribution in [0.15, 0.2) is 12.4 Å². The zero-order chi connectivity index (χ0) is 9.54. The van der Waals surface area contributed by atoms with Crippen molar-refractivity contribution in [2.45, 2.75) is 25.3 Å². The van der Waals surface area contributed by atoms with Gasteiger partial charge in [-0.3, -0.25) is 4.98 Å². The van der Waals surface area contributed by atoms with E-state index in [0.29, 0.717) is 11.2 Å². The minimum atomic E-state index is 0.457. The summed E-state index contributed by atoms with van der Waals surface area (Å²) < 4.78 is 0. The van der Waals surface area contributed by atoms with Crippen LogP contribution in [-0.4, -0.2) is 16.0 Å². The van der Waals surface area contributed by atoms with Gasteiger partial charge in [0.05, 0.1) is 12.4 Å². The van der Waals surface area contributed by atoms with Crippen molar-refractivity contribution < 1.29 is 0 Å². The summed E-state index contributed by atoms with van der Waals surface area (Å²) in [6.07, 6.45) is 7.42. The molecule has 0 bridgehead atoms. The fraction of sp³-hybridized carbons (Fsp3) is 0.600. The predicted molar refractivity (Wildman–Crippen MR) is 55.3 cm³/mol. The molecule has 2 saturated carbocycles. The third-order valence-electron chi connectivity index (χ3n) is 3.01. The summed E-state index contributed by atoms with van der Waals surface area (Å²) in [5.74, 6) is 2.68. The first-order valence-corrected chi connectivity index (χ1v) is 5.45. The van der Waals surface area contributed by atoms with Crippen LogP contribution in [0.4, 0.5) is 5.82 Å². The minimum absolute atomic E-state index is 0.457. The molecule has 1 aromatic heterocycles. The molecule has 2 atom stereocenters. The Kier molecular flexibility index (Phi) is 1.87. The molecule has 0 amide bonds. The lowest BCUT2D eigenvalue weighted by atomic mass is 10.3. The quantitative estimate of drug-likeness (QED) is 0.831. The Morgan fingerprint density at radius 3 is 2.93 bits per heavy atom. The van der Waals surface area contributed by atoms with Crippen LogP contribution in [0.2, 0.25) is 5.15 Å². The molecule has 1 heterocycles. The standard InChI is InChI=1S/C10H12ClN3/c11-9-4-12-5-10(14-9)13-8-3-7(8)6-1-2-6/h4-8H,1-3H2,(H,13,14). The molecular formula is C10H12ClN3. The summed E-state index contributed by atoms with van der Waals surface area (Å²) in [5.41, 5.74) is 0. The number of aromatic nitrogens is 2. The Labute approximate surface area is 87.9 Å². The Bertz CT molecular complexity index is 351. The van der Waals surface area contributed by atoms with E-state index in [2.05, 4.69) is 15.3 Å². The summed E-state index contributed by atoms with van der Waals surface area (Å²) >= 11 is 5.75. The van der Waals surface area contributed by atoms with Crippen molar-refractivity contribution in [1.29, 1.82) is 0 Å². The van der Waals surface area contributed by atoms with Gasteiger partial charge in [0.2, 0.25) is 0 Å². The Balaban J connectivity index is 1.62. The lowest BCUT2D eigenvalue weighted by Gasteiger charge is -2.03. The molecular weight excluding hydrogens is 198 g/mol. The van der Waals surface area contributed by atoms with Gasteiger partial charge in [0.25, 0.3) is 0 Å². The molecule has 0 radical (unpaired) electrons. The molecule has 0 saturated heterocycles. The van der Waals surface area contributed by atoms with Crippen molar-refractivity contribution in [3.8, 4) is 0 Å². The Morgan fingerprint density at radius 1 is 1.36 bits per heavy atom. The van der Waals surface area contributed by atoms with Gasteiger partial charge in [-0.2, -0.15) is 0 Å². The van der Waals surface area contributed by atoms with E-state index in [1.807, 2.05) is 0 Å². The number of rotatable bonds is 3. The predicted octanol–water partition coefficient (Wildman–Crippen LogP) is 2.34. The molecule has 14 heavy (non-hydrogen) atoms. The van der Waals surface area contributed by atoms with Crippen molar-refractivity contribution in [1.82, 2.24) is 9.97 Å². The first-order valence-electron chi connectivity index (χ1n) is 5.07. The van der Waals surface area contributed by atoms with Gasteiger partial charge >= 0.3 is 0 Å². The summed E-state index contributed by atoms with van der Waals surface area (Å²) in [5, 5.41) is 3.83. The van der Waals surface area contributed by atoms with Crippen LogP contribution >= 0.6 is 11.6 Å². The second-order valence-electron chi connectivity index (χ2n) is 4.21. The summed E-state index contributed by atoms with van der Waals surface area (Å²) in [6.45, 7) is 0. The molecule has 0 aromatic carbocycles. The normalized spacial score (nSPS) is 30.1. The monoisotopic (exact) mass is 209 g/mol. The van der Waals surface area contributed by atoms with Gasteiger partial charge in [-0.05, 0) is 31.1 Å². The van der Waals surface area contributed by atoms with Crippen molar-refractivity contribution in [3.63, 3.8) is 0 Å². The van der Waals surface area contributed by atoms with E-state index in [9.17, 15) is 0 Å². The lowest BCUT2D eigenvalue weighted by Crippen LogP contribution is -2.07. The molecule has 0 spiro atoms. The highest BCUT2D eigenvalue weighted by Crippen LogP contribution is 2.50. The molecule has 3 nitrogen and oxygen atoms in total. The summed E-state index contributed by atoms with van der Waals surface area (Å²) in [7, 11) is 0. The zero-order valence-corrected chi connectivity index (χ0v) is 8.54. The molecule has 0 aliphatic heterocycles. The molecule has 4 heteroatoms. The highest BCUT2D eigenvalue weighted by Gasteiger charge is 2.47. The van der Waals surface area contributed by atoms with Gasteiger partial charge < -0.3 is 5.32 Å². The third kappa shape index (κ3) is 1.69. The third-order valence-corrected chi connectivity index (χ3v) is 3.19. The van der Waals surface area contributed by atoms with Crippen LogP contribution in [0, 0.1) is 11.8 Å². The molecule has 1 N–H and O–H groups in total. The Hall–Kier alpha value is -0.830. The zero-order valence-electron chi connectivity index (χ0n) is 7.78. The van der Waals surface area contributed by atoms with Crippen molar-refractivity contribution >= 4 is 17.4 Å². The first kappa shape index (κ1) is 8.48. The van der Waals surface area contributed by atoms with Crippen LogP contribution in [0.25, 0.3) is 0 Å². The number of nitrogens with one attached hydrogen (secondary N) is 1. The Morgan fingerprint density at radius 2 is 2.21 bits per heavy atom. The second-order valence-corrected chi connectivity index (χ2v) is 4.60. The largest absolute Gasteiger partial charge is 0.366 e. The van der Waals surface area contributed by atoms with E-state index >= 15 is 0 Å². The maximum Gasteiger partial charge on any atom is 0.149 e. The highest BCUT2D eigenvalue weighted by molar-refractivity contribution is 6.29. The van der Waals surface area contributed by atoms with Gasteiger partial charge in [0, 0.05) is 6.04 Å². The van der Waals surface area contributed by atoms with Crippen LogP contribution in [0.5, 0.6) is 0 Å². The highest BCUT2D eigenvalue weighted by atomic mass is 35.5. The van der Waals surface area contributed by atoms with Gasteiger partial charge in [-0.15, -0.1) is 0 Å². The number of nitrogens with zero attached hydrogens (tertiary/aromatic N) is 2. The van der Waals surface area contributed by atoms with Gasteiger partial charge in [0.15, 0.2) is 0 Å². The SMILES string of the molecule is Clc1cncc(NC2CC2C2CC2)n1. The van der Waals surface area contributed by atoms with Crippen molar-refractivity contribution in [3.05, 3.63) is 17.5 Å². The maximum absolute atomic E-state index is 5.75. The van der Waals surface area contributed by atoms with Gasteiger partial charge in [0.1, 0.15) is 11.0 Å². The number of hydrogen-bond donors (Lipinski definition) is 1.